The summed E-state index contributed by atoms with van der Waals surface area (Å²) in [5.41, 5.74) is 1.21. The van der Waals surface area contributed by atoms with Crippen LogP contribution in [0.2, 0.25) is 5.02 Å². The molecule has 6 heteroatoms. The van der Waals surface area contributed by atoms with E-state index < -0.39 is 0 Å². The van der Waals surface area contributed by atoms with E-state index in [4.69, 9.17) is 11.6 Å². The molecule has 0 saturated carbocycles. The van der Waals surface area contributed by atoms with Gasteiger partial charge in [-0.3, -0.25) is 0 Å². The summed E-state index contributed by atoms with van der Waals surface area (Å²) in [6, 6.07) is 6.01. The van der Waals surface area contributed by atoms with Crippen LogP contribution in [0.5, 0.6) is 0 Å². The van der Waals surface area contributed by atoms with Gasteiger partial charge in [0.1, 0.15) is 5.01 Å². The molecule has 1 aromatic heterocycles. The zero-order chi connectivity index (χ0) is 13.7. The van der Waals surface area contributed by atoms with E-state index in [0.717, 1.165) is 38.8 Å². The van der Waals surface area contributed by atoms with Crippen molar-refractivity contribution in [2.75, 3.05) is 6.54 Å². The lowest BCUT2D eigenvalue weighted by Crippen LogP contribution is -2.14. The monoisotopic (exact) mass is 313 g/mol. The van der Waals surface area contributed by atoms with Crippen LogP contribution in [0.15, 0.2) is 27.4 Å². The van der Waals surface area contributed by atoms with E-state index in [1.54, 1.807) is 23.1 Å². The summed E-state index contributed by atoms with van der Waals surface area (Å²) < 4.78 is 0.933. The first-order valence-corrected chi connectivity index (χ1v) is 8.18. The van der Waals surface area contributed by atoms with Gasteiger partial charge < -0.3 is 5.32 Å². The van der Waals surface area contributed by atoms with Crippen molar-refractivity contribution in [2.24, 2.45) is 0 Å². The molecular weight excluding hydrogens is 298 g/mol. The predicted molar refractivity (Wildman–Crippen MR) is 82.2 cm³/mol. The first-order chi connectivity index (χ1) is 9.20. The molecule has 2 aromatic rings. The largest absolute Gasteiger partial charge is 0.313 e. The van der Waals surface area contributed by atoms with Crippen LogP contribution in [0.4, 0.5) is 0 Å². The average Bonchev–Trinajstić information content (AvgIpc) is 2.79. The summed E-state index contributed by atoms with van der Waals surface area (Å²) in [6.07, 6.45) is 1.12. The number of rotatable bonds is 6. The van der Waals surface area contributed by atoms with Crippen LogP contribution in [0, 0.1) is 6.92 Å². The minimum absolute atomic E-state index is 0.772. The second-order valence-electron chi connectivity index (χ2n) is 4.09. The van der Waals surface area contributed by atoms with Crippen LogP contribution in [-0.4, -0.2) is 16.7 Å². The number of hydrogen-bond acceptors (Lipinski definition) is 5. The van der Waals surface area contributed by atoms with Crippen LogP contribution in [0.3, 0.4) is 0 Å². The molecule has 2 rings (SSSR count). The highest BCUT2D eigenvalue weighted by Crippen LogP contribution is 2.37. The number of nitrogens with zero attached hydrogens (tertiary/aromatic N) is 2. The molecule has 102 valence electrons. The number of halogens is 1. The van der Waals surface area contributed by atoms with Crippen molar-refractivity contribution in [2.45, 2.75) is 36.0 Å². The SMILES string of the molecule is CCCNCc1cccc(Cl)c1Sc1nnc(C)s1. The molecule has 1 N–H and O–H groups in total. The van der Waals surface area contributed by atoms with Gasteiger partial charge >= 0.3 is 0 Å². The highest BCUT2D eigenvalue weighted by atomic mass is 35.5. The van der Waals surface area contributed by atoms with Crippen molar-refractivity contribution in [3.8, 4) is 0 Å². The van der Waals surface area contributed by atoms with Crippen LogP contribution in [-0.2, 0) is 6.54 Å². The number of aromatic nitrogens is 2. The van der Waals surface area contributed by atoms with Crippen LogP contribution in [0.25, 0.3) is 0 Å². The van der Waals surface area contributed by atoms with Crippen molar-refractivity contribution >= 4 is 34.7 Å². The van der Waals surface area contributed by atoms with Crippen LogP contribution >= 0.6 is 34.7 Å². The molecule has 1 heterocycles. The summed E-state index contributed by atoms with van der Waals surface area (Å²) in [7, 11) is 0. The summed E-state index contributed by atoms with van der Waals surface area (Å²) >= 11 is 9.49. The lowest BCUT2D eigenvalue weighted by atomic mass is 10.2. The molecule has 0 amide bonds. The summed E-state index contributed by atoms with van der Waals surface area (Å²) in [6.45, 7) is 5.95. The standard InChI is InChI=1S/C13H16ClN3S2/c1-3-7-15-8-10-5-4-6-11(14)12(10)19-13-17-16-9(2)18-13/h4-6,15H,3,7-8H2,1-2H3. The van der Waals surface area contributed by atoms with E-state index in [2.05, 4.69) is 28.5 Å². The highest BCUT2D eigenvalue weighted by Gasteiger charge is 2.11. The van der Waals surface area contributed by atoms with Crippen molar-refractivity contribution in [3.05, 3.63) is 33.8 Å². The minimum Gasteiger partial charge on any atom is -0.313 e. The fourth-order valence-electron chi connectivity index (χ4n) is 1.61. The maximum absolute atomic E-state index is 6.31. The van der Waals surface area contributed by atoms with Crippen molar-refractivity contribution in [1.82, 2.24) is 15.5 Å². The van der Waals surface area contributed by atoms with E-state index in [9.17, 15) is 0 Å². The molecule has 0 atom stereocenters. The third-order valence-corrected chi connectivity index (χ3v) is 4.99. The maximum atomic E-state index is 6.31. The van der Waals surface area contributed by atoms with E-state index in [0.29, 0.717) is 0 Å². The van der Waals surface area contributed by atoms with E-state index in [-0.39, 0.29) is 0 Å². The number of benzene rings is 1. The Morgan fingerprint density at radius 2 is 2.21 bits per heavy atom. The molecule has 3 nitrogen and oxygen atoms in total. The second-order valence-corrected chi connectivity index (χ2v) is 6.94. The Balaban J connectivity index is 2.17. The van der Waals surface area contributed by atoms with E-state index in [1.165, 1.54) is 5.56 Å². The van der Waals surface area contributed by atoms with Crippen molar-refractivity contribution in [3.63, 3.8) is 0 Å². The Kier molecular flexibility index (Phi) is 5.63. The number of nitrogens with one attached hydrogen (secondary N) is 1. The molecule has 0 aliphatic heterocycles. The van der Waals surface area contributed by atoms with E-state index >= 15 is 0 Å². The molecule has 0 bridgehead atoms. The lowest BCUT2D eigenvalue weighted by Gasteiger charge is -2.10. The second kappa shape index (κ2) is 7.24. The average molecular weight is 314 g/mol. The molecule has 0 fully saturated rings. The van der Waals surface area contributed by atoms with Crippen LogP contribution < -0.4 is 5.32 Å². The topological polar surface area (TPSA) is 37.8 Å². The Hall–Kier alpha value is -0.620. The van der Waals surface area contributed by atoms with Gasteiger partial charge in [0.15, 0.2) is 4.34 Å². The van der Waals surface area contributed by atoms with E-state index in [1.807, 2.05) is 19.1 Å². The fourth-order valence-corrected chi connectivity index (χ4v) is 3.81. The molecular formula is C13H16ClN3S2. The quantitative estimate of drug-likeness (QED) is 0.813. The number of aryl methyl sites for hydroxylation is 1. The lowest BCUT2D eigenvalue weighted by molar-refractivity contribution is 0.669. The molecule has 1 aromatic carbocycles. The van der Waals surface area contributed by atoms with Gasteiger partial charge in [0.05, 0.1) is 5.02 Å². The van der Waals surface area contributed by atoms with Crippen molar-refractivity contribution in [1.29, 1.82) is 0 Å². The Labute approximate surface area is 126 Å². The predicted octanol–water partition coefficient (Wildman–Crippen LogP) is 4.15. The minimum atomic E-state index is 0.772. The Morgan fingerprint density at radius 1 is 1.37 bits per heavy atom. The summed E-state index contributed by atoms with van der Waals surface area (Å²) in [5, 5.41) is 13.3. The van der Waals surface area contributed by atoms with Gasteiger partial charge in [-0.05, 0) is 31.5 Å². The highest BCUT2D eigenvalue weighted by molar-refractivity contribution is 8.01. The smallest absolute Gasteiger partial charge is 0.179 e. The molecule has 0 aliphatic rings. The first kappa shape index (κ1) is 14.8. The summed E-state index contributed by atoms with van der Waals surface area (Å²) in [4.78, 5) is 1.07. The normalized spacial score (nSPS) is 10.9. The third kappa shape index (κ3) is 4.18. The zero-order valence-corrected chi connectivity index (χ0v) is 13.3. The molecule has 0 radical (unpaired) electrons. The molecule has 0 saturated heterocycles. The van der Waals surface area contributed by atoms with Gasteiger partial charge in [-0.1, -0.05) is 53.8 Å². The molecule has 0 aliphatic carbocycles. The summed E-state index contributed by atoms with van der Waals surface area (Å²) in [5.74, 6) is 0. The molecule has 19 heavy (non-hydrogen) atoms. The van der Waals surface area contributed by atoms with Gasteiger partial charge in [-0.25, -0.2) is 0 Å². The molecule has 0 unspecified atom stereocenters. The van der Waals surface area contributed by atoms with Crippen molar-refractivity contribution < 1.29 is 0 Å². The van der Waals surface area contributed by atoms with Gasteiger partial charge in [-0.15, -0.1) is 10.2 Å². The third-order valence-electron chi connectivity index (χ3n) is 2.49. The van der Waals surface area contributed by atoms with Gasteiger partial charge in [0.25, 0.3) is 0 Å². The van der Waals surface area contributed by atoms with Gasteiger partial charge in [0, 0.05) is 11.4 Å². The maximum Gasteiger partial charge on any atom is 0.179 e. The first-order valence-electron chi connectivity index (χ1n) is 6.16. The molecule has 0 spiro atoms. The Bertz CT molecular complexity index is 542. The van der Waals surface area contributed by atoms with Gasteiger partial charge in [-0.2, -0.15) is 0 Å². The fraction of sp³-hybridized carbons (Fsp3) is 0.385. The zero-order valence-electron chi connectivity index (χ0n) is 10.9. The Morgan fingerprint density at radius 3 is 2.89 bits per heavy atom. The van der Waals surface area contributed by atoms with Crippen LogP contribution in [0.1, 0.15) is 23.9 Å². The van der Waals surface area contributed by atoms with Gasteiger partial charge in [0.2, 0.25) is 0 Å². The number of hydrogen-bond donors (Lipinski definition) is 1.